The lowest BCUT2D eigenvalue weighted by atomic mass is 9.94. The summed E-state index contributed by atoms with van der Waals surface area (Å²) in [6.45, 7) is 3.93. The molecule has 1 aromatic heterocycles. The Kier molecular flexibility index (Phi) is 10.3. The fraction of sp³-hybridized carbons (Fsp3) is 0.184. The average Bonchev–Trinajstić information content (AvgIpc) is 3.41. The van der Waals surface area contributed by atoms with Crippen LogP contribution >= 0.6 is 34.5 Å². The van der Waals surface area contributed by atoms with Crippen molar-refractivity contribution in [3.8, 4) is 23.0 Å². The van der Waals surface area contributed by atoms with Crippen molar-refractivity contribution < 1.29 is 23.7 Å². The van der Waals surface area contributed by atoms with Crippen LogP contribution < -0.4 is 39.2 Å². The van der Waals surface area contributed by atoms with Gasteiger partial charge < -0.3 is 24.3 Å². The number of ether oxygens (including phenoxy) is 4. The smallest absolute Gasteiger partial charge is 0.271 e. The summed E-state index contributed by atoms with van der Waals surface area (Å²) in [6, 6.07) is 22.8. The van der Waals surface area contributed by atoms with E-state index in [4.69, 9.17) is 47.1 Å². The first kappa shape index (κ1) is 34.8. The van der Waals surface area contributed by atoms with Crippen LogP contribution in [0.5, 0.6) is 23.0 Å². The fourth-order valence-corrected chi connectivity index (χ4v) is 7.15. The van der Waals surface area contributed by atoms with Crippen molar-refractivity contribution in [2.75, 3.05) is 26.6 Å². The molecular formula is C38H33Cl2N3O6S. The molecule has 0 saturated carbocycles. The Morgan fingerprint density at radius 3 is 2.34 bits per heavy atom. The van der Waals surface area contributed by atoms with Gasteiger partial charge >= 0.3 is 0 Å². The number of allylic oxidation sites excluding steroid dienone is 1. The number of thiazole rings is 1. The van der Waals surface area contributed by atoms with Crippen LogP contribution in [0.15, 0.2) is 99.9 Å². The minimum Gasteiger partial charge on any atom is -0.493 e. The molecule has 0 fully saturated rings. The summed E-state index contributed by atoms with van der Waals surface area (Å²) in [6.07, 6.45) is 1.72. The van der Waals surface area contributed by atoms with Gasteiger partial charge in [-0.25, -0.2) is 4.99 Å². The van der Waals surface area contributed by atoms with E-state index >= 15 is 0 Å². The van der Waals surface area contributed by atoms with E-state index in [1.807, 2.05) is 49.4 Å². The number of rotatable bonds is 10. The van der Waals surface area contributed by atoms with Crippen molar-refractivity contribution in [3.05, 3.63) is 142 Å². The lowest BCUT2D eigenvalue weighted by Crippen LogP contribution is -2.40. The normalized spacial score (nSPS) is 14.1. The van der Waals surface area contributed by atoms with Crippen LogP contribution in [0, 0.1) is 6.92 Å². The van der Waals surface area contributed by atoms with Gasteiger partial charge in [-0.15, -0.1) is 0 Å². The third-order valence-corrected chi connectivity index (χ3v) is 9.74. The highest BCUT2D eigenvalue weighted by Crippen LogP contribution is 2.38. The van der Waals surface area contributed by atoms with Crippen molar-refractivity contribution in [3.63, 3.8) is 0 Å². The fourth-order valence-electron chi connectivity index (χ4n) is 5.70. The molecule has 0 saturated heterocycles. The number of methoxy groups -OCH3 is 3. The standard InChI is InChI=1S/C38H33Cl2N3O6S/c1-21-8-6-7-9-28(21)42-36(44)33-22(2)41-38-43(34(33)25-12-15-29(46-3)30(19-25)47-4)37(45)32(50-38)18-24-16-27(40)35(31(17-24)48-5)49-20-23-10-13-26(39)14-11-23/h6-19,34H,20H2,1-5H3,(H,42,44)/b32-18-/t34-/m0/s1. The van der Waals surface area contributed by atoms with Gasteiger partial charge in [-0.1, -0.05) is 70.9 Å². The van der Waals surface area contributed by atoms with Gasteiger partial charge in [0.15, 0.2) is 27.8 Å². The van der Waals surface area contributed by atoms with Crippen LogP contribution in [0.2, 0.25) is 10.0 Å². The number of nitrogens with one attached hydrogen (secondary N) is 1. The molecule has 0 unspecified atom stereocenters. The molecule has 1 amide bonds. The van der Waals surface area contributed by atoms with Crippen LogP contribution in [0.3, 0.4) is 0 Å². The van der Waals surface area contributed by atoms with Gasteiger partial charge in [-0.2, -0.15) is 0 Å². The van der Waals surface area contributed by atoms with Crippen molar-refractivity contribution in [2.24, 2.45) is 4.99 Å². The third kappa shape index (κ3) is 7.00. The zero-order valence-electron chi connectivity index (χ0n) is 27.9. The molecule has 9 nitrogen and oxygen atoms in total. The first-order valence-corrected chi connectivity index (χ1v) is 17.0. The molecule has 0 spiro atoms. The number of carbonyl (C=O) groups excluding carboxylic acids is 1. The first-order valence-electron chi connectivity index (χ1n) is 15.5. The minimum atomic E-state index is -0.820. The Balaban J connectivity index is 1.43. The van der Waals surface area contributed by atoms with Crippen LogP contribution in [0.4, 0.5) is 5.69 Å². The Hall–Kier alpha value is -5.03. The van der Waals surface area contributed by atoms with Gasteiger partial charge in [0.2, 0.25) is 0 Å². The molecule has 6 rings (SSSR count). The number of aryl methyl sites for hydroxylation is 1. The first-order chi connectivity index (χ1) is 24.1. The maximum Gasteiger partial charge on any atom is 0.271 e. The Bertz CT molecular complexity index is 2310. The molecule has 5 aromatic rings. The van der Waals surface area contributed by atoms with Gasteiger partial charge in [0.25, 0.3) is 11.5 Å². The number of amides is 1. The number of benzene rings is 4. The number of nitrogens with zero attached hydrogens (tertiary/aromatic N) is 2. The number of halogens is 2. The highest BCUT2D eigenvalue weighted by Gasteiger charge is 2.33. The van der Waals surface area contributed by atoms with E-state index < -0.39 is 6.04 Å². The maximum absolute atomic E-state index is 14.3. The Morgan fingerprint density at radius 2 is 1.64 bits per heavy atom. The number of aromatic nitrogens is 1. The number of anilines is 1. The van der Waals surface area contributed by atoms with E-state index in [0.717, 1.165) is 11.1 Å². The zero-order valence-corrected chi connectivity index (χ0v) is 30.2. The molecule has 1 atom stereocenters. The number of fused-ring (bicyclic) bond motifs is 1. The summed E-state index contributed by atoms with van der Waals surface area (Å²) in [7, 11) is 4.60. The monoisotopic (exact) mass is 729 g/mol. The third-order valence-electron chi connectivity index (χ3n) is 8.23. The van der Waals surface area contributed by atoms with Gasteiger partial charge in [0.05, 0.1) is 48.2 Å². The highest BCUT2D eigenvalue weighted by atomic mass is 35.5. The Morgan fingerprint density at radius 1 is 0.920 bits per heavy atom. The molecule has 4 aromatic carbocycles. The molecular weight excluding hydrogens is 697 g/mol. The minimum absolute atomic E-state index is 0.250. The predicted molar refractivity (Wildman–Crippen MR) is 197 cm³/mol. The van der Waals surface area contributed by atoms with E-state index in [2.05, 4.69) is 5.32 Å². The lowest BCUT2D eigenvalue weighted by Gasteiger charge is -2.26. The second kappa shape index (κ2) is 14.8. The largest absolute Gasteiger partial charge is 0.493 e. The zero-order chi connectivity index (χ0) is 35.5. The highest BCUT2D eigenvalue weighted by molar-refractivity contribution is 7.07. The second-order valence-corrected chi connectivity index (χ2v) is 13.3. The topological polar surface area (TPSA) is 100 Å². The molecule has 1 aliphatic heterocycles. The number of hydrogen-bond acceptors (Lipinski definition) is 8. The van der Waals surface area contributed by atoms with Crippen molar-refractivity contribution in [2.45, 2.75) is 26.5 Å². The summed E-state index contributed by atoms with van der Waals surface area (Å²) in [5.74, 6) is 1.37. The summed E-state index contributed by atoms with van der Waals surface area (Å²) in [4.78, 5) is 33.6. The quantitative estimate of drug-likeness (QED) is 0.165. The lowest BCUT2D eigenvalue weighted by molar-refractivity contribution is -0.113. The Labute approximate surface area is 302 Å². The molecule has 0 bridgehead atoms. The van der Waals surface area contributed by atoms with E-state index in [0.29, 0.717) is 70.5 Å². The molecule has 0 radical (unpaired) electrons. The average molecular weight is 731 g/mol. The summed E-state index contributed by atoms with van der Waals surface area (Å²) < 4.78 is 24.6. The molecule has 50 heavy (non-hydrogen) atoms. The van der Waals surface area contributed by atoms with Crippen LogP contribution in [0.25, 0.3) is 6.08 Å². The molecule has 256 valence electrons. The molecule has 1 N–H and O–H groups in total. The van der Waals surface area contributed by atoms with Crippen molar-refractivity contribution in [1.82, 2.24) is 4.57 Å². The van der Waals surface area contributed by atoms with Gasteiger partial charge in [0, 0.05) is 10.7 Å². The SMILES string of the molecule is COc1ccc([C@H]2C(C(=O)Nc3ccccc3C)=C(C)N=c3s/c(=C\c4cc(Cl)c(OCc5ccc(Cl)cc5)c(OC)c4)c(=O)n32)cc1OC. The van der Waals surface area contributed by atoms with Gasteiger partial charge in [0.1, 0.15) is 6.61 Å². The number of carbonyl (C=O) groups is 1. The number of para-hydroxylation sites is 1. The second-order valence-electron chi connectivity index (χ2n) is 11.4. The molecule has 2 heterocycles. The summed E-state index contributed by atoms with van der Waals surface area (Å²) in [5, 5.41) is 3.97. The molecule has 0 aliphatic carbocycles. The molecule has 12 heteroatoms. The maximum atomic E-state index is 14.3. The van der Waals surface area contributed by atoms with Crippen LogP contribution in [-0.2, 0) is 11.4 Å². The predicted octanol–water partition coefficient (Wildman–Crippen LogP) is 7.09. The number of hydrogen-bond donors (Lipinski definition) is 1. The van der Waals surface area contributed by atoms with E-state index in [-0.39, 0.29) is 18.1 Å². The van der Waals surface area contributed by atoms with E-state index in [1.165, 1.54) is 25.6 Å². The van der Waals surface area contributed by atoms with Gasteiger partial charge in [-0.3, -0.25) is 14.2 Å². The summed E-state index contributed by atoms with van der Waals surface area (Å²) in [5.41, 5.74) is 4.20. The van der Waals surface area contributed by atoms with Crippen LogP contribution in [0.1, 0.15) is 35.2 Å². The van der Waals surface area contributed by atoms with E-state index in [1.54, 1.807) is 61.1 Å². The van der Waals surface area contributed by atoms with Crippen molar-refractivity contribution >= 4 is 52.2 Å². The summed E-state index contributed by atoms with van der Waals surface area (Å²) >= 11 is 13.9. The van der Waals surface area contributed by atoms with Gasteiger partial charge in [-0.05, 0) is 84.6 Å². The van der Waals surface area contributed by atoms with Crippen molar-refractivity contribution in [1.29, 1.82) is 0 Å². The van der Waals surface area contributed by atoms with E-state index in [9.17, 15) is 9.59 Å². The van der Waals surface area contributed by atoms with Crippen LogP contribution in [-0.4, -0.2) is 31.8 Å². The molecule has 1 aliphatic rings.